The van der Waals surface area contributed by atoms with E-state index < -0.39 is 0 Å². The van der Waals surface area contributed by atoms with Gasteiger partial charge < -0.3 is 19.8 Å². The van der Waals surface area contributed by atoms with E-state index in [1.165, 1.54) is 5.56 Å². The summed E-state index contributed by atoms with van der Waals surface area (Å²) in [6.45, 7) is 1.99. The first-order chi connectivity index (χ1) is 13.2. The SMILES string of the molecule is COc1ccc(C2(CNC(=O)c3cc4ccccc4[nH]3)CCOCC2)cc1. The van der Waals surface area contributed by atoms with Gasteiger partial charge in [0, 0.05) is 36.1 Å². The lowest BCUT2D eigenvalue weighted by Crippen LogP contribution is -2.44. The molecule has 0 radical (unpaired) electrons. The molecule has 4 rings (SSSR count). The van der Waals surface area contributed by atoms with Crippen LogP contribution in [0.5, 0.6) is 5.75 Å². The largest absolute Gasteiger partial charge is 0.497 e. The lowest BCUT2D eigenvalue weighted by atomic mass is 9.74. The molecule has 1 fully saturated rings. The number of nitrogens with one attached hydrogen (secondary N) is 2. The molecule has 0 atom stereocenters. The number of carbonyl (C=O) groups excluding carboxylic acids is 1. The van der Waals surface area contributed by atoms with Crippen molar-refractivity contribution in [2.24, 2.45) is 0 Å². The number of ether oxygens (including phenoxy) is 2. The summed E-state index contributed by atoms with van der Waals surface area (Å²) >= 11 is 0. The predicted molar refractivity (Wildman–Crippen MR) is 105 cm³/mol. The number of benzene rings is 2. The monoisotopic (exact) mass is 364 g/mol. The molecule has 2 aromatic carbocycles. The summed E-state index contributed by atoms with van der Waals surface area (Å²) in [4.78, 5) is 15.9. The van der Waals surface area contributed by atoms with E-state index in [1.54, 1.807) is 7.11 Å². The highest BCUT2D eigenvalue weighted by atomic mass is 16.5. The van der Waals surface area contributed by atoms with Crippen LogP contribution in [0.25, 0.3) is 10.9 Å². The zero-order valence-corrected chi connectivity index (χ0v) is 15.5. The first-order valence-corrected chi connectivity index (χ1v) is 9.28. The smallest absolute Gasteiger partial charge is 0.267 e. The van der Waals surface area contributed by atoms with Gasteiger partial charge in [0.05, 0.1) is 7.11 Å². The van der Waals surface area contributed by atoms with Gasteiger partial charge >= 0.3 is 0 Å². The third kappa shape index (κ3) is 3.55. The summed E-state index contributed by atoms with van der Waals surface area (Å²) in [5.41, 5.74) is 2.65. The number of para-hydroxylation sites is 1. The van der Waals surface area contributed by atoms with E-state index in [0.29, 0.717) is 25.5 Å². The molecule has 140 valence electrons. The van der Waals surface area contributed by atoms with Gasteiger partial charge in [0.1, 0.15) is 11.4 Å². The predicted octanol–water partition coefficient (Wildman–Crippen LogP) is 3.65. The van der Waals surface area contributed by atoms with Crippen LogP contribution in [-0.4, -0.2) is 37.8 Å². The molecule has 5 heteroatoms. The van der Waals surface area contributed by atoms with Crippen LogP contribution in [0.15, 0.2) is 54.6 Å². The third-order valence-corrected chi connectivity index (χ3v) is 5.51. The summed E-state index contributed by atoms with van der Waals surface area (Å²) in [6, 6.07) is 18.0. The van der Waals surface area contributed by atoms with Crippen molar-refractivity contribution in [2.75, 3.05) is 26.9 Å². The zero-order valence-electron chi connectivity index (χ0n) is 15.5. The first kappa shape index (κ1) is 17.6. The average Bonchev–Trinajstić information content (AvgIpc) is 3.17. The van der Waals surface area contributed by atoms with Gasteiger partial charge in [-0.3, -0.25) is 4.79 Å². The quantitative estimate of drug-likeness (QED) is 0.726. The number of aromatic amines is 1. The minimum absolute atomic E-state index is 0.0782. The Bertz CT molecular complexity index is 891. The summed E-state index contributed by atoms with van der Waals surface area (Å²) < 4.78 is 10.9. The average molecular weight is 364 g/mol. The maximum Gasteiger partial charge on any atom is 0.267 e. The maximum absolute atomic E-state index is 12.7. The highest BCUT2D eigenvalue weighted by Crippen LogP contribution is 2.35. The molecular formula is C22H24N2O3. The van der Waals surface area contributed by atoms with Crippen molar-refractivity contribution in [3.63, 3.8) is 0 Å². The van der Waals surface area contributed by atoms with E-state index in [2.05, 4.69) is 22.4 Å². The topological polar surface area (TPSA) is 63.3 Å². The van der Waals surface area contributed by atoms with Crippen LogP contribution in [0.3, 0.4) is 0 Å². The molecular weight excluding hydrogens is 340 g/mol. The molecule has 3 aromatic rings. The van der Waals surface area contributed by atoms with E-state index in [9.17, 15) is 4.79 Å². The van der Waals surface area contributed by atoms with E-state index in [4.69, 9.17) is 9.47 Å². The molecule has 27 heavy (non-hydrogen) atoms. The number of hydrogen-bond acceptors (Lipinski definition) is 3. The molecule has 2 heterocycles. The van der Waals surface area contributed by atoms with Crippen LogP contribution >= 0.6 is 0 Å². The Morgan fingerprint density at radius 1 is 1.15 bits per heavy atom. The fourth-order valence-corrected chi connectivity index (χ4v) is 3.81. The number of amides is 1. The molecule has 1 saturated heterocycles. The van der Waals surface area contributed by atoms with Crippen molar-refractivity contribution >= 4 is 16.8 Å². The van der Waals surface area contributed by atoms with E-state index in [0.717, 1.165) is 29.5 Å². The Hall–Kier alpha value is -2.79. The van der Waals surface area contributed by atoms with Crippen LogP contribution in [-0.2, 0) is 10.2 Å². The normalized spacial score (nSPS) is 16.2. The van der Waals surface area contributed by atoms with E-state index >= 15 is 0 Å². The molecule has 0 bridgehead atoms. The molecule has 0 unspecified atom stereocenters. The summed E-state index contributed by atoms with van der Waals surface area (Å²) in [7, 11) is 1.67. The molecule has 1 aliphatic heterocycles. The molecule has 0 spiro atoms. The Balaban J connectivity index is 1.53. The second kappa shape index (κ2) is 7.45. The third-order valence-electron chi connectivity index (χ3n) is 5.51. The Morgan fingerprint density at radius 3 is 2.59 bits per heavy atom. The molecule has 1 aliphatic rings. The standard InChI is InChI=1S/C22H24N2O3/c1-26-18-8-6-17(7-9-18)22(10-12-27-13-11-22)15-23-21(25)20-14-16-4-2-3-5-19(16)24-20/h2-9,14,24H,10-13,15H2,1H3,(H,23,25). The van der Waals surface area contributed by atoms with Crippen molar-refractivity contribution in [1.82, 2.24) is 10.3 Å². The van der Waals surface area contributed by atoms with Crippen LogP contribution in [0.2, 0.25) is 0 Å². The summed E-state index contributed by atoms with van der Waals surface area (Å²) in [5, 5.41) is 4.18. The molecule has 1 amide bonds. The maximum atomic E-state index is 12.7. The number of H-pyrrole nitrogens is 1. The Labute approximate surface area is 158 Å². The van der Waals surface area contributed by atoms with Gasteiger partial charge in [-0.1, -0.05) is 30.3 Å². The number of aromatic nitrogens is 1. The fraction of sp³-hybridized carbons (Fsp3) is 0.318. The zero-order chi connectivity index (χ0) is 18.7. The van der Waals surface area contributed by atoms with Crippen molar-refractivity contribution in [2.45, 2.75) is 18.3 Å². The molecule has 0 saturated carbocycles. The molecule has 0 aliphatic carbocycles. The van der Waals surface area contributed by atoms with Crippen molar-refractivity contribution < 1.29 is 14.3 Å². The van der Waals surface area contributed by atoms with E-state index in [-0.39, 0.29) is 11.3 Å². The Morgan fingerprint density at radius 2 is 1.89 bits per heavy atom. The fourth-order valence-electron chi connectivity index (χ4n) is 3.81. The van der Waals surface area contributed by atoms with Crippen molar-refractivity contribution in [1.29, 1.82) is 0 Å². The minimum Gasteiger partial charge on any atom is -0.497 e. The molecule has 1 aromatic heterocycles. The van der Waals surface area contributed by atoms with Gasteiger partial charge in [-0.2, -0.15) is 0 Å². The lowest BCUT2D eigenvalue weighted by Gasteiger charge is -2.38. The number of hydrogen-bond donors (Lipinski definition) is 2. The van der Waals surface area contributed by atoms with Gasteiger partial charge in [-0.05, 0) is 42.7 Å². The highest BCUT2D eigenvalue weighted by Gasteiger charge is 2.35. The van der Waals surface area contributed by atoms with Gasteiger partial charge in [-0.15, -0.1) is 0 Å². The second-order valence-corrected chi connectivity index (χ2v) is 7.07. The minimum atomic E-state index is -0.119. The molecule has 5 nitrogen and oxygen atoms in total. The number of carbonyl (C=O) groups is 1. The second-order valence-electron chi connectivity index (χ2n) is 7.07. The van der Waals surface area contributed by atoms with Crippen molar-refractivity contribution in [3.8, 4) is 5.75 Å². The number of fused-ring (bicyclic) bond motifs is 1. The van der Waals surface area contributed by atoms with E-state index in [1.807, 2.05) is 42.5 Å². The van der Waals surface area contributed by atoms with Gasteiger partial charge in [-0.25, -0.2) is 0 Å². The van der Waals surface area contributed by atoms with Gasteiger partial charge in [0.15, 0.2) is 0 Å². The lowest BCUT2D eigenvalue weighted by molar-refractivity contribution is 0.0486. The van der Waals surface area contributed by atoms with Crippen LogP contribution in [0, 0.1) is 0 Å². The number of rotatable bonds is 5. The van der Waals surface area contributed by atoms with Gasteiger partial charge in [0.25, 0.3) is 5.91 Å². The van der Waals surface area contributed by atoms with Crippen LogP contribution in [0.1, 0.15) is 28.9 Å². The summed E-state index contributed by atoms with van der Waals surface area (Å²) in [5.74, 6) is 0.758. The Kier molecular flexibility index (Phi) is 4.86. The van der Waals surface area contributed by atoms with Crippen molar-refractivity contribution in [3.05, 3.63) is 65.9 Å². The van der Waals surface area contributed by atoms with Crippen LogP contribution < -0.4 is 10.1 Å². The first-order valence-electron chi connectivity index (χ1n) is 9.28. The molecule has 2 N–H and O–H groups in total. The highest BCUT2D eigenvalue weighted by molar-refractivity contribution is 5.98. The van der Waals surface area contributed by atoms with Gasteiger partial charge in [0.2, 0.25) is 0 Å². The summed E-state index contributed by atoms with van der Waals surface area (Å²) in [6.07, 6.45) is 1.76. The number of methoxy groups -OCH3 is 1. The van der Waals surface area contributed by atoms with Crippen LogP contribution in [0.4, 0.5) is 0 Å².